The maximum absolute atomic E-state index is 11.0. The second-order valence-corrected chi connectivity index (χ2v) is 5.95. The zero-order valence-electron chi connectivity index (χ0n) is 10.9. The summed E-state index contributed by atoms with van der Waals surface area (Å²) in [7, 11) is -2.66. The molecule has 0 saturated heterocycles. The molecule has 0 unspecified atom stereocenters. The number of nitrogens with two attached hydrogens (primary N) is 1. The minimum atomic E-state index is -4.10. The first-order valence-corrected chi connectivity index (χ1v) is 7.74. The summed E-state index contributed by atoms with van der Waals surface area (Å²) in [6.07, 6.45) is -1.60. The van der Waals surface area contributed by atoms with Crippen LogP contribution >= 0.6 is 23.2 Å². The first-order chi connectivity index (χ1) is 9.24. The van der Waals surface area contributed by atoms with Crippen molar-refractivity contribution in [2.75, 3.05) is 13.9 Å². The van der Waals surface area contributed by atoms with Gasteiger partial charge in [-0.25, -0.2) is 5.14 Å². The van der Waals surface area contributed by atoms with E-state index in [-0.39, 0.29) is 6.79 Å². The molecule has 20 heavy (non-hydrogen) atoms. The van der Waals surface area contributed by atoms with E-state index in [0.717, 1.165) is 0 Å². The zero-order chi connectivity index (χ0) is 15.3. The van der Waals surface area contributed by atoms with Crippen molar-refractivity contribution >= 4 is 33.5 Å². The molecule has 0 radical (unpaired) electrons. The highest BCUT2D eigenvalue weighted by molar-refractivity contribution is 7.84. The van der Waals surface area contributed by atoms with Crippen molar-refractivity contribution < 1.29 is 22.1 Å². The van der Waals surface area contributed by atoms with Gasteiger partial charge in [0, 0.05) is 7.11 Å². The van der Waals surface area contributed by atoms with E-state index in [9.17, 15) is 8.42 Å². The highest BCUT2D eigenvalue weighted by atomic mass is 35.5. The fourth-order valence-electron chi connectivity index (χ4n) is 1.60. The minimum absolute atomic E-state index is 0.0524. The SMILES string of the molecule is COCO[C@@H](c1ccc(Cl)c(Cl)c1)[C@H](C)OS(N)(=O)=O. The van der Waals surface area contributed by atoms with Crippen LogP contribution < -0.4 is 5.14 Å². The number of halogens is 2. The van der Waals surface area contributed by atoms with Crippen molar-refractivity contribution in [1.29, 1.82) is 0 Å². The molecule has 0 spiro atoms. The predicted octanol–water partition coefficient (Wildman–Crippen LogP) is 2.26. The molecule has 0 saturated carbocycles. The number of hydrogen-bond donors (Lipinski definition) is 1. The molecule has 9 heteroatoms. The van der Waals surface area contributed by atoms with E-state index in [4.69, 9.17) is 42.0 Å². The summed E-state index contributed by atoms with van der Waals surface area (Å²) in [5.74, 6) is 0. The summed E-state index contributed by atoms with van der Waals surface area (Å²) >= 11 is 11.8. The lowest BCUT2D eigenvalue weighted by Crippen LogP contribution is -2.28. The van der Waals surface area contributed by atoms with E-state index in [1.165, 1.54) is 14.0 Å². The topological polar surface area (TPSA) is 87.8 Å². The molecular weight excluding hydrogens is 329 g/mol. The van der Waals surface area contributed by atoms with Crippen molar-refractivity contribution in [3.8, 4) is 0 Å². The van der Waals surface area contributed by atoms with E-state index in [1.807, 2.05) is 0 Å². The fourth-order valence-corrected chi connectivity index (χ4v) is 2.43. The molecule has 0 aliphatic carbocycles. The van der Waals surface area contributed by atoms with Crippen LogP contribution in [0.25, 0.3) is 0 Å². The Morgan fingerprint density at radius 2 is 1.95 bits per heavy atom. The fraction of sp³-hybridized carbons (Fsp3) is 0.455. The molecule has 0 aliphatic rings. The number of rotatable bonds is 7. The van der Waals surface area contributed by atoms with Gasteiger partial charge in [0.15, 0.2) is 0 Å². The maximum Gasteiger partial charge on any atom is 0.333 e. The van der Waals surface area contributed by atoms with Gasteiger partial charge in [0.25, 0.3) is 0 Å². The highest BCUT2D eigenvalue weighted by Gasteiger charge is 2.25. The molecule has 0 aliphatic heterocycles. The molecule has 2 N–H and O–H groups in total. The Morgan fingerprint density at radius 1 is 1.30 bits per heavy atom. The third-order valence-corrected chi connectivity index (χ3v) is 3.66. The summed E-state index contributed by atoms with van der Waals surface area (Å²) in [6.45, 7) is 1.45. The van der Waals surface area contributed by atoms with E-state index in [1.54, 1.807) is 18.2 Å². The average Bonchev–Trinajstić information content (AvgIpc) is 2.31. The molecule has 6 nitrogen and oxygen atoms in total. The number of benzene rings is 1. The Kier molecular flexibility index (Phi) is 6.67. The number of methoxy groups -OCH3 is 1. The van der Waals surface area contributed by atoms with E-state index in [2.05, 4.69) is 0 Å². The van der Waals surface area contributed by atoms with Crippen molar-refractivity contribution in [2.24, 2.45) is 5.14 Å². The third-order valence-electron chi connectivity index (χ3n) is 2.35. The molecular formula is C11H15Cl2NO5S. The molecule has 0 aromatic heterocycles. The van der Waals surface area contributed by atoms with Crippen LogP contribution in [0.2, 0.25) is 10.0 Å². The van der Waals surface area contributed by atoms with Crippen LogP contribution in [0.15, 0.2) is 18.2 Å². The predicted molar refractivity (Wildman–Crippen MR) is 75.8 cm³/mol. The Hall–Kier alpha value is -0.410. The van der Waals surface area contributed by atoms with Gasteiger partial charge < -0.3 is 9.47 Å². The second-order valence-electron chi connectivity index (χ2n) is 3.96. The van der Waals surface area contributed by atoms with Gasteiger partial charge in [0.2, 0.25) is 0 Å². The monoisotopic (exact) mass is 343 g/mol. The molecule has 2 atom stereocenters. The van der Waals surface area contributed by atoms with Crippen LogP contribution in [0, 0.1) is 0 Å². The Labute approximate surface area is 128 Å². The smallest absolute Gasteiger partial charge is 0.333 e. The summed E-state index contributed by atoms with van der Waals surface area (Å²) < 4.78 is 36.9. The molecule has 1 aromatic carbocycles. The molecule has 0 amide bonds. The number of hydrogen-bond acceptors (Lipinski definition) is 5. The molecule has 0 bridgehead atoms. The standard InChI is InChI=1S/C11H15Cl2NO5S/c1-7(19-20(14,15)16)11(18-6-17-2)8-3-4-9(12)10(13)5-8/h3-5,7,11H,6H2,1-2H3,(H2,14,15,16)/t7-,11+/m0/s1. The lowest BCUT2D eigenvalue weighted by atomic mass is 10.1. The largest absolute Gasteiger partial charge is 0.359 e. The normalized spacial score (nSPS) is 15.1. The minimum Gasteiger partial charge on any atom is -0.359 e. The summed E-state index contributed by atoms with van der Waals surface area (Å²) in [4.78, 5) is 0. The molecule has 1 aromatic rings. The van der Waals surface area contributed by atoms with Crippen molar-refractivity contribution in [3.63, 3.8) is 0 Å². The molecule has 1 rings (SSSR count). The van der Waals surface area contributed by atoms with Crippen LogP contribution in [0.5, 0.6) is 0 Å². The summed E-state index contributed by atoms with van der Waals surface area (Å²) in [6, 6.07) is 4.79. The second kappa shape index (κ2) is 7.56. The van der Waals surface area contributed by atoms with Crippen LogP contribution in [0.1, 0.15) is 18.6 Å². The first-order valence-electron chi connectivity index (χ1n) is 5.51. The van der Waals surface area contributed by atoms with Gasteiger partial charge in [-0.1, -0.05) is 29.3 Å². The average molecular weight is 344 g/mol. The van der Waals surface area contributed by atoms with Gasteiger partial charge in [-0.15, -0.1) is 0 Å². The quantitative estimate of drug-likeness (QED) is 0.767. The van der Waals surface area contributed by atoms with Gasteiger partial charge in [-0.3, -0.25) is 4.18 Å². The third kappa shape index (κ3) is 5.53. The first kappa shape index (κ1) is 17.6. The Bertz CT molecular complexity index is 552. The number of ether oxygens (including phenoxy) is 2. The van der Waals surface area contributed by atoms with E-state index >= 15 is 0 Å². The maximum atomic E-state index is 11.0. The van der Waals surface area contributed by atoms with Gasteiger partial charge in [-0.2, -0.15) is 8.42 Å². The van der Waals surface area contributed by atoms with Crippen molar-refractivity contribution in [3.05, 3.63) is 33.8 Å². The van der Waals surface area contributed by atoms with Gasteiger partial charge in [0.1, 0.15) is 19.0 Å². The zero-order valence-corrected chi connectivity index (χ0v) is 13.2. The Balaban J connectivity index is 3.01. The van der Waals surface area contributed by atoms with Crippen molar-refractivity contribution in [1.82, 2.24) is 0 Å². The van der Waals surface area contributed by atoms with Gasteiger partial charge in [-0.05, 0) is 24.6 Å². The summed E-state index contributed by atoms with van der Waals surface area (Å²) in [5.41, 5.74) is 0.590. The van der Waals surface area contributed by atoms with Crippen LogP contribution in [0.3, 0.4) is 0 Å². The lowest BCUT2D eigenvalue weighted by Gasteiger charge is -2.23. The summed E-state index contributed by atoms with van der Waals surface area (Å²) in [5, 5.41) is 5.54. The van der Waals surface area contributed by atoms with Gasteiger partial charge >= 0.3 is 10.3 Å². The van der Waals surface area contributed by atoms with Gasteiger partial charge in [0.05, 0.1) is 10.0 Å². The van der Waals surface area contributed by atoms with Crippen LogP contribution in [-0.4, -0.2) is 28.4 Å². The lowest BCUT2D eigenvalue weighted by molar-refractivity contribution is -0.104. The highest BCUT2D eigenvalue weighted by Crippen LogP contribution is 2.30. The molecule has 0 heterocycles. The molecule has 114 valence electrons. The van der Waals surface area contributed by atoms with Crippen LogP contribution in [-0.2, 0) is 24.0 Å². The van der Waals surface area contributed by atoms with E-state index in [0.29, 0.717) is 15.6 Å². The van der Waals surface area contributed by atoms with E-state index < -0.39 is 22.5 Å². The van der Waals surface area contributed by atoms with Crippen molar-refractivity contribution in [2.45, 2.75) is 19.1 Å². The molecule has 0 fully saturated rings. The van der Waals surface area contributed by atoms with Crippen LogP contribution in [0.4, 0.5) is 0 Å². The Morgan fingerprint density at radius 3 is 2.45 bits per heavy atom.